The molecule has 0 unspecified atom stereocenters. The van der Waals surface area contributed by atoms with E-state index in [9.17, 15) is 18.4 Å². The zero-order valence-electron chi connectivity index (χ0n) is 16.0. The van der Waals surface area contributed by atoms with Crippen molar-refractivity contribution in [1.82, 2.24) is 4.90 Å². The van der Waals surface area contributed by atoms with Crippen LogP contribution in [0.2, 0.25) is 0 Å². The predicted octanol–water partition coefficient (Wildman–Crippen LogP) is 4.18. The van der Waals surface area contributed by atoms with Crippen molar-refractivity contribution in [1.29, 1.82) is 0 Å². The molecule has 8 heteroatoms. The Balaban J connectivity index is 1.80. The van der Waals surface area contributed by atoms with Crippen molar-refractivity contribution >= 4 is 17.5 Å². The molecular weight excluding hydrogens is 382 g/mol. The number of halogens is 2. The minimum atomic E-state index is -3.00. The molecule has 1 heterocycles. The Kier molecular flexibility index (Phi) is 6.64. The van der Waals surface area contributed by atoms with Gasteiger partial charge in [-0.2, -0.15) is 8.78 Å². The summed E-state index contributed by atoms with van der Waals surface area (Å²) in [5.41, 5.74) is 0.982. The molecule has 0 atom stereocenters. The van der Waals surface area contributed by atoms with E-state index >= 15 is 0 Å². The number of amides is 2. The highest BCUT2D eigenvalue weighted by Crippen LogP contribution is 2.30. The number of alkyl halides is 2. The van der Waals surface area contributed by atoms with Crippen molar-refractivity contribution in [2.24, 2.45) is 0 Å². The van der Waals surface area contributed by atoms with Crippen LogP contribution in [0, 0.1) is 0 Å². The quantitative estimate of drug-likeness (QED) is 0.785. The molecule has 154 valence electrons. The minimum Gasteiger partial charge on any atom is -0.493 e. The maximum absolute atomic E-state index is 12.9. The van der Waals surface area contributed by atoms with E-state index in [0.717, 1.165) is 19.3 Å². The lowest BCUT2D eigenvalue weighted by Gasteiger charge is -2.27. The van der Waals surface area contributed by atoms with Gasteiger partial charge in [-0.25, -0.2) is 0 Å². The van der Waals surface area contributed by atoms with Crippen molar-refractivity contribution in [3.05, 3.63) is 53.6 Å². The minimum absolute atomic E-state index is 0.00984. The predicted molar refractivity (Wildman–Crippen MR) is 104 cm³/mol. The molecule has 0 saturated carbocycles. The molecule has 1 aliphatic heterocycles. The Bertz CT molecular complexity index is 883. The fourth-order valence-corrected chi connectivity index (χ4v) is 3.24. The number of likely N-dealkylation sites (tertiary alicyclic amines) is 1. The number of ether oxygens (including phenoxy) is 2. The number of para-hydroxylation sites is 1. The summed E-state index contributed by atoms with van der Waals surface area (Å²) in [7, 11) is 1.29. The Hall–Kier alpha value is -3.16. The average Bonchev–Trinajstić information content (AvgIpc) is 2.74. The Labute approximate surface area is 167 Å². The van der Waals surface area contributed by atoms with Gasteiger partial charge in [-0.05, 0) is 49.6 Å². The third-order valence-electron chi connectivity index (χ3n) is 4.69. The number of carbonyl (C=O) groups excluding carboxylic acids is 2. The first-order valence-corrected chi connectivity index (χ1v) is 9.32. The topological polar surface area (TPSA) is 67.9 Å². The fourth-order valence-electron chi connectivity index (χ4n) is 3.24. The van der Waals surface area contributed by atoms with Crippen LogP contribution in [0.5, 0.6) is 11.5 Å². The largest absolute Gasteiger partial charge is 0.493 e. The van der Waals surface area contributed by atoms with Gasteiger partial charge in [-0.3, -0.25) is 9.59 Å². The smallest absolute Gasteiger partial charge is 0.387 e. The summed E-state index contributed by atoms with van der Waals surface area (Å²) in [4.78, 5) is 27.3. The van der Waals surface area contributed by atoms with Crippen LogP contribution in [0.3, 0.4) is 0 Å². The molecule has 1 fully saturated rings. The zero-order valence-corrected chi connectivity index (χ0v) is 16.0. The molecule has 29 heavy (non-hydrogen) atoms. The monoisotopic (exact) mass is 404 g/mol. The summed E-state index contributed by atoms with van der Waals surface area (Å²) in [5.74, 6) is -0.778. The summed E-state index contributed by atoms with van der Waals surface area (Å²) >= 11 is 0. The molecule has 2 aromatic carbocycles. The number of anilines is 1. The van der Waals surface area contributed by atoms with Crippen molar-refractivity contribution in [3.8, 4) is 11.5 Å². The highest BCUT2D eigenvalue weighted by atomic mass is 19.3. The van der Waals surface area contributed by atoms with Gasteiger partial charge >= 0.3 is 6.61 Å². The number of carbonyl (C=O) groups is 2. The zero-order chi connectivity index (χ0) is 20.8. The van der Waals surface area contributed by atoms with Gasteiger partial charge in [0.2, 0.25) is 0 Å². The highest BCUT2D eigenvalue weighted by molar-refractivity contribution is 6.09. The van der Waals surface area contributed by atoms with Gasteiger partial charge in [0, 0.05) is 18.7 Å². The first-order valence-electron chi connectivity index (χ1n) is 9.32. The van der Waals surface area contributed by atoms with E-state index in [1.807, 2.05) is 0 Å². The maximum atomic E-state index is 12.9. The van der Waals surface area contributed by atoms with Crippen molar-refractivity contribution < 1.29 is 27.8 Å². The first kappa shape index (κ1) is 20.6. The van der Waals surface area contributed by atoms with Gasteiger partial charge in [-0.15, -0.1) is 0 Å². The van der Waals surface area contributed by atoms with E-state index in [4.69, 9.17) is 4.74 Å². The Morgan fingerprint density at radius 3 is 2.45 bits per heavy atom. The van der Waals surface area contributed by atoms with E-state index in [1.165, 1.54) is 25.3 Å². The maximum Gasteiger partial charge on any atom is 0.387 e. The van der Waals surface area contributed by atoms with Crippen molar-refractivity contribution in [2.45, 2.75) is 25.9 Å². The van der Waals surface area contributed by atoms with Crippen molar-refractivity contribution in [2.75, 3.05) is 25.5 Å². The summed E-state index contributed by atoms with van der Waals surface area (Å²) in [6, 6.07) is 10.7. The molecule has 1 N–H and O–H groups in total. The molecule has 1 aliphatic rings. The van der Waals surface area contributed by atoms with Crippen molar-refractivity contribution in [3.63, 3.8) is 0 Å². The standard InChI is InChI=1S/C21H22F2N2O4/c1-28-18-13-14(9-10-17(18)29-21(22)23)19(26)24-16-8-4-3-7-15(16)20(27)25-11-5-2-6-12-25/h3-4,7-10,13,21H,2,5-6,11-12H2,1H3,(H,24,26). The second-order valence-electron chi connectivity index (χ2n) is 6.60. The lowest BCUT2D eigenvalue weighted by molar-refractivity contribution is -0.0512. The second-order valence-corrected chi connectivity index (χ2v) is 6.60. The van der Waals surface area contributed by atoms with E-state index in [0.29, 0.717) is 24.3 Å². The molecular formula is C21H22F2N2O4. The van der Waals surface area contributed by atoms with Crippen LogP contribution < -0.4 is 14.8 Å². The third kappa shape index (κ3) is 5.01. The van der Waals surface area contributed by atoms with Gasteiger partial charge in [-0.1, -0.05) is 12.1 Å². The Morgan fingerprint density at radius 1 is 1.03 bits per heavy atom. The Morgan fingerprint density at radius 2 is 1.76 bits per heavy atom. The van der Waals surface area contributed by atoms with Gasteiger partial charge in [0.1, 0.15) is 0 Å². The number of nitrogens with zero attached hydrogens (tertiary/aromatic N) is 1. The number of hydrogen-bond donors (Lipinski definition) is 1. The van der Waals surface area contributed by atoms with Crippen LogP contribution in [-0.4, -0.2) is 43.5 Å². The summed E-state index contributed by atoms with van der Waals surface area (Å²) in [5, 5.41) is 2.73. The second kappa shape index (κ2) is 9.36. The number of nitrogens with one attached hydrogen (secondary N) is 1. The van der Waals surface area contributed by atoms with Gasteiger partial charge in [0.25, 0.3) is 11.8 Å². The van der Waals surface area contributed by atoms with Gasteiger partial charge in [0.05, 0.1) is 18.4 Å². The van der Waals surface area contributed by atoms with E-state index in [2.05, 4.69) is 10.1 Å². The van der Waals surface area contributed by atoms with Gasteiger partial charge < -0.3 is 19.7 Å². The molecule has 0 aliphatic carbocycles. The van der Waals surface area contributed by atoms with Crippen LogP contribution in [0.4, 0.5) is 14.5 Å². The number of piperidine rings is 1. The van der Waals surface area contributed by atoms with Crippen LogP contribution in [0.1, 0.15) is 40.0 Å². The van der Waals surface area contributed by atoms with Crippen LogP contribution in [-0.2, 0) is 0 Å². The van der Waals surface area contributed by atoms with E-state index < -0.39 is 12.5 Å². The molecule has 0 spiro atoms. The molecule has 0 aromatic heterocycles. The SMILES string of the molecule is COc1cc(C(=O)Nc2ccccc2C(=O)N2CCCCC2)ccc1OC(F)F. The molecule has 3 rings (SSSR count). The molecule has 2 aromatic rings. The molecule has 0 bridgehead atoms. The number of rotatable bonds is 6. The summed E-state index contributed by atoms with van der Waals surface area (Å²) in [6.07, 6.45) is 3.04. The lowest BCUT2D eigenvalue weighted by Crippen LogP contribution is -2.36. The number of benzene rings is 2. The fraction of sp³-hybridized carbons (Fsp3) is 0.333. The summed E-state index contributed by atoms with van der Waals surface area (Å²) in [6.45, 7) is -1.61. The lowest BCUT2D eigenvalue weighted by atomic mass is 10.1. The molecule has 6 nitrogen and oxygen atoms in total. The van der Waals surface area contributed by atoms with Crippen LogP contribution in [0.15, 0.2) is 42.5 Å². The van der Waals surface area contributed by atoms with E-state index in [-0.39, 0.29) is 23.0 Å². The number of methoxy groups -OCH3 is 1. The highest BCUT2D eigenvalue weighted by Gasteiger charge is 2.22. The van der Waals surface area contributed by atoms with Gasteiger partial charge in [0.15, 0.2) is 11.5 Å². The molecule has 1 saturated heterocycles. The summed E-state index contributed by atoms with van der Waals surface area (Å²) < 4.78 is 34.3. The van der Waals surface area contributed by atoms with Crippen LogP contribution >= 0.6 is 0 Å². The third-order valence-corrected chi connectivity index (χ3v) is 4.69. The first-order chi connectivity index (χ1) is 14.0. The van der Waals surface area contributed by atoms with Crippen LogP contribution in [0.25, 0.3) is 0 Å². The normalized spacial score (nSPS) is 13.9. The van der Waals surface area contributed by atoms with E-state index in [1.54, 1.807) is 29.2 Å². The number of hydrogen-bond acceptors (Lipinski definition) is 4. The molecule has 2 amide bonds. The average molecular weight is 404 g/mol. The molecule has 0 radical (unpaired) electrons.